The molecule has 0 spiro atoms. The fourth-order valence-electron chi connectivity index (χ4n) is 3.18. The average molecular weight is 365 g/mol. The lowest BCUT2D eigenvalue weighted by Gasteiger charge is -2.19. The Hall–Kier alpha value is -2.14. The molecular formula is C19H19ClF2N2O. The maximum atomic E-state index is 14.1. The topological polar surface area (TPSA) is 41.1 Å². The van der Waals surface area contributed by atoms with Crippen LogP contribution >= 0.6 is 11.6 Å². The van der Waals surface area contributed by atoms with E-state index in [1.54, 1.807) is 12.1 Å². The largest absolute Gasteiger partial charge is 0.337 e. The Bertz CT molecular complexity index is 781. The first kappa shape index (κ1) is 17.7. The van der Waals surface area contributed by atoms with Gasteiger partial charge in [-0.25, -0.2) is 13.6 Å². The van der Waals surface area contributed by atoms with Gasteiger partial charge in [0.25, 0.3) is 0 Å². The van der Waals surface area contributed by atoms with Crippen LogP contribution in [0.1, 0.15) is 24.5 Å². The number of hydrogen-bond donors (Lipinski definition) is 2. The molecule has 2 aromatic carbocycles. The Morgan fingerprint density at radius 3 is 2.48 bits per heavy atom. The molecule has 2 N–H and O–H groups in total. The van der Waals surface area contributed by atoms with E-state index >= 15 is 0 Å². The molecule has 25 heavy (non-hydrogen) atoms. The molecule has 1 aliphatic carbocycles. The smallest absolute Gasteiger partial charge is 0.315 e. The first-order chi connectivity index (χ1) is 11.9. The lowest BCUT2D eigenvalue weighted by molar-refractivity contribution is 0.239. The van der Waals surface area contributed by atoms with E-state index in [1.807, 2.05) is 19.1 Å². The third-order valence-corrected chi connectivity index (χ3v) is 5.10. The van der Waals surface area contributed by atoms with Crippen molar-refractivity contribution in [1.29, 1.82) is 0 Å². The molecule has 6 heteroatoms. The van der Waals surface area contributed by atoms with Crippen molar-refractivity contribution in [3.63, 3.8) is 0 Å². The van der Waals surface area contributed by atoms with E-state index in [4.69, 9.17) is 11.6 Å². The number of hydrogen-bond acceptors (Lipinski definition) is 1. The van der Waals surface area contributed by atoms with E-state index in [1.165, 1.54) is 12.1 Å². The third-order valence-electron chi connectivity index (χ3n) is 4.85. The van der Waals surface area contributed by atoms with Gasteiger partial charge in [0.2, 0.25) is 0 Å². The molecule has 2 amide bonds. The molecule has 2 aromatic rings. The summed E-state index contributed by atoms with van der Waals surface area (Å²) in [5.74, 6) is -0.935. The summed E-state index contributed by atoms with van der Waals surface area (Å²) in [4.78, 5) is 12.0. The monoisotopic (exact) mass is 364 g/mol. The van der Waals surface area contributed by atoms with E-state index < -0.39 is 17.0 Å². The second-order valence-corrected chi connectivity index (χ2v) is 6.98. The van der Waals surface area contributed by atoms with Crippen molar-refractivity contribution in [2.24, 2.45) is 5.92 Å². The highest BCUT2D eigenvalue weighted by molar-refractivity contribution is 6.30. The maximum absolute atomic E-state index is 14.1. The molecule has 132 valence electrons. The Balaban J connectivity index is 1.58. The lowest BCUT2D eigenvalue weighted by Crippen LogP contribution is -2.40. The van der Waals surface area contributed by atoms with Crippen LogP contribution in [0.4, 0.5) is 13.6 Å². The Labute approximate surface area is 150 Å². The van der Waals surface area contributed by atoms with Gasteiger partial charge in [-0.15, -0.1) is 0 Å². The SMILES string of the molecule is CC1CC1(CNC(=O)NCc1ccc(Cl)cc1)c1ccc(F)cc1F. The normalized spacial score (nSPS) is 21.7. The van der Waals surface area contributed by atoms with Crippen molar-refractivity contribution >= 4 is 17.6 Å². The Morgan fingerprint density at radius 2 is 1.88 bits per heavy atom. The van der Waals surface area contributed by atoms with Crippen LogP contribution in [0.5, 0.6) is 0 Å². The summed E-state index contributed by atoms with van der Waals surface area (Å²) < 4.78 is 27.2. The summed E-state index contributed by atoms with van der Waals surface area (Å²) in [6, 6.07) is 10.5. The van der Waals surface area contributed by atoms with Gasteiger partial charge in [-0.05, 0) is 41.7 Å². The Kier molecular flexibility index (Phi) is 4.95. The van der Waals surface area contributed by atoms with Crippen molar-refractivity contribution in [3.05, 3.63) is 70.2 Å². The minimum atomic E-state index is -0.599. The molecule has 0 aromatic heterocycles. The van der Waals surface area contributed by atoms with E-state index in [2.05, 4.69) is 10.6 Å². The minimum absolute atomic E-state index is 0.226. The van der Waals surface area contributed by atoms with Crippen molar-refractivity contribution in [2.45, 2.75) is 25.3 Å². The Morgan fingerprint density at radius 1 is 1.20 bits per heavy atom. The predicted octanol–water partition coefficient (Wildman–Crippen LogP) is 4.40. The van der Waals surface area contributed by atoms with Gasteiger partial charge in [0.15, 0.2) is 0 Å². The number of benzene rings is 2. The van der Waals surface area contributed by atoms with Crippen LogP contribution in [-0.2, 0) is 12.0 Å². The molecule has 0 aliphatic heterocycles. The van der Waals surface area contributed by atoms with E-state index in [0.29, 0.717) is 23.7 Å². The molecule has 1 aliphatic rings. The number of nitrogens with one attached hydrogen (secondary N) is 2. The summed E-state index contributed by atoms with van der Waals surface area (Å²) in [6.45, 7) is 2.68. The van der Waals surface area contributed by atoms with Crippen LogP contribution in [0.25, 0.3) is 0 Å². The summed E-state index contributed by atoms with van der Waals surface area (Å²) in [7, 11) is 0. The van der Waals surface area contributed by atoms with Crippen LogP contribution in [0.15, 0.2) is 42.5 Å². The van der Waals surface area contributed by atoms with Crippen molar-refractivity contribution < 1.29 is 13.6 Å². The van der Waals surface area contributed by atoms with Crippen LogP contribution < -0.4 is 10.6 Å². The van der Waals surface area contributed by atoms with Crippen LogP contribution in [0.3, 0.4) is 0 Å². The quantitative estimate of drug-likeness (QED) is 0.811. The molecule has 1 fully saturated rings. The number of urea groups is 1. The zero-order valence-electron chi connectivity index (χ0n) is 13.8. The molecule has 0 saturated heterocycles. The number of amides is 2. The summed E-state index contributed by atoms with van der Waals surface area (Å²) in [5, 5.41) is 6.20. The number of carbonyl (C=O) groups excluding carboxylic acids is 1. The zero-order valence-corrected chi connectivity index (χ0v) is 14.5. The molecular weight excluding hydrogens is 346 g/mol. The van der Waals surface area contributed by atoms with Crippen LogP contribution in [0, 0.1) is 17.6 Å². The molecule has 3 nitrogen and oxygen atoms in total. The van der Waals surface area contributed by atoms with E-state index in [9.17, 15) is 13.6 Å². The van der Waals surface area contributed by atoms with Gasteiger partial charge in [0.05, 0.1) is 0 Å². The van der Waals surface area contributed by atoms with Crippen molar-refractivity contribution in [2.75, 3.05) is 6.54 Å². The number of rotatable bonds is 5. The molecule has 0 bridgehead atoms. The third kappa shape index (κ3) is 3.93. The highest BCUT2D eigenvalue weighted by atomic mass is 35.5. The molecule has 0 radical (unpaired) electrons. The second-order valence-electron chi connectivity index (χ2n) is 6.55. The molecule has 1 saturated carbocycles. The molecule has 0 heterocycles. The van der Waals surface area contributed by atoms with Gasteiger partial charge in [-0.3, -0.25) is 0 Å². The highest BCUT2D eigenvalue weighted by Crippen LogP contribution is 2.54. The van der Waals surface area contributed by atoms with E-state index in [-0.39, 0.29) is 11.9 Å². The summed E-state index contributed by atoms with van der Waals surface area (Å²) >= 11 is 5.82. The van der Waals surface area contributed by atoms with Crippen LogP contribution in [0.2, 0.25) is 5.02 Å². The van der Waals surface area contributed by atoms with Gasteiger partial charge < -0.3 is 10.6 Å². The van der Waals surface area contributed by atoms with Gasteiger partial charge in [0, 0.05) is 29.6 Å². The maximum Gasteiger partial charge on any atom is 0.315 e. The second kappa shape index (κ2) is 7.00. The van der Waals surface area contributed by atoms with Gasteiger partial charge in [-0.2, -0.15) is 0 Å². The average Bonchev–Trinajstić information content (AvgIpc) is 3.23. The van der Waals surface area contributed by atoms with Gasteiger partial charge in [0.1, 0.15) is 11.6 Å². The van der Waals surface area contributed by atoms with Gasteiger partial charge in [-0.1, -0.05) is 36.7 Å². The predicted molar refractivity (Wildman–Crippen MR) is 93.5 cm³/mol. The lowest BCUT2D eigenvalue weighted by atomic mass is 9.93. The van der Waals surface area contributed by atoms with Gasteiger partial charge >= 0.3 is 6.03 Å². The minimum Gasteiger partial charge on any atom is -0.337 e. The number of carbonyl (C=O) groups is 1. The molecule has 3 rings (SSSR count). The fraction of sp³-hybridized carbons (Fsp3) is 0.316. The summed E-state index contributed by atoms with van der Waals surface area (Å²) in [6.07, 6.45) is 0.757. The zero-order chi connectivity index (χ0) is 18.0. The molecule has 2 atom stereocenters. The first-order valence-electron chi connectivity index (χ1n) is 8.12. The molecule has 2 unspecified atom stereocenters. The van der Waals surface area contributed by atoms with Crippen molar-refractivity contribution in [1.82, 2.24) is 10.6 Å². The van der Waals surface area contributed by atoms with Crippen LogP contribution in [-0.4, -0.2) is 12.6 Å². The highest BCUT2D eigenvalue weighted by Gasteiger charge is 2.53. The first-order valence-corrected chi connectivity index (χ1v) is 8.50. The van der Waals surface area contributed by atoms with Crippen molar-refractivity contribution in [3.8, 4) is 0 Å². The van der Waals surface area contributed by atoms with E-state index in [0.717, 1.165) is 18.1 Å². The summed E-state index contributed by atoms with van der Waals surface area (Å²) in [5.41, 5.74) is 0.924. The number of halogens is 3. The standard InChI is InChI=1S/C19H19ClF2N2O/c1-12-9-19(12,16-7-6-15(21)8-17(16)22)11-24-18(25)23-10-13-2-4-14(20)5-3-13/h2-8,12H,9-11H2,1H3,(H2,23,24,25). The fourth-order valence-corrected chi connectivity index (χ4v) is 3.31.